The highest BCUT2D eigenvalue weighted by Crippen LogP contribution is 2.43. The van der Waals surface area contributed by atoms with Crippen LogP contribution in [-0.2, 0) is 0 Å². The molecular formula is C16H16ClN. The van der Waals surface area contributed by atoms with Crippen LogP contribution in [0.25, 0.3) is 0 Å². The highest BCUT2D eigenvalue weighted by Gasteiger charge is 2.32. The van der Waals surface area contributed by atoms with Gasteiger partial charge in [0.15, 0.2) is 0 Å². The van der Waals surface area contributed by atoms with Gasteiger partial charge in [-0.2, -0.15) is 0 Å². The van der Waals surface area contributed by atoms with Crippen molar-refractivity contribution < 1.29 is 0 Å². The summed E-state index contributed by atoms with van der Waals surface area (Å²) in [4.78, 5) is 0. The average Bonchev–Trinajstić information content (AvgIpc) is 3.23. The molecule has 0 spiro atoms. The minimum absolute atomic E-state index is 0.381. The average molecular weight is 258 g/mol. The Bertz CT molecular complexity index is 520. The molecule has 0 aromatic heterocycles. The second-order valence-electron chi connectivity index (χ2n) is 4.85. The molecule has 1 saturated carbocycles. The van der Waals surface area contributed by atoms with Crippen LogP contribution in [0.2, 0.25) is 5.02 Å². The molecule has 1 nitrogen and oxygen atoms in total. The lowest BCUT2D eigenvalue weighted by Gasteiger charge is -2.20. The van der Waals surface area contributed by atoms with E-state index in [2.05, 4.69) is 35.6 Å². The van der Waals surface area contributed by atoms with E-state index in [0.29, 0.717) is 6.04 Å². The van der Waals surface area contributed by atoms with E-state index in [1.807, 2.05) is 24.3 Å². The van der Waals surface area contributed by atoms with Crippen LogP contribution in [0, 0.1) is 5.92 Å². The summed E-state index contributed by atoms with van der Waals surface area (Å²) in [5.41, 5.74) is 2.37. The summed E-state index contributed by atoms with van der Waals surface area (Å²) >= 11 is 6.22. The molecule has 0 heterocycles. The zero-order chi connectivity index (χ0) is 12.4. The fraction of sp³-hybridized carbons (Fsp3) is 0.250. The van der Waals surface area contributed by atoms with Gasteiger partial charge in [0.1, 0.15) is 0 Å². The zero-order valence-electron chi connectivity index (χ0n) is 10.1. The second kappa shape index (κ2) is 5.03. The molecule has 3 rings (SSSR count). The van der Waals surface area contributed by atoms with Crippen LogP contribution in [0.1, 0.15) is 24.4 Å². The standard InChI is InChI=1S/C16H16ClN/c17-14-8-4-5-9-15(14)18-16(13-10-11-13)12-6-2-1-3-7-12/h1-9,13,16,18H,10-11H2. The van der Waals surface area contributed by atoms with E-state index >= 15 is 0 Å². The van der Waals surface area contributed by atoms with Crippen molar-refractivity contribution in [2.75, 3.05) is 5.32 Å². The quantitative estimate of drug-likeness (QED) is 0.821. The lowest BCUT2D eigenvalue weighted by Crippen LogP contribution is -2.13. The van der Waals surface area contributed by atoms with Crippen LogP contribution in [0.4, 0.5) is 5.69 Å². The van der Waals surface area contributed by atoms with E-state index in [4.69, 9.17) is 11.6 Å². The predicted octanol–water partition coefficient (Wildman–Crippen LogP) is 4.90. The minimum atomic E-state index is 0.381. The third-order valence-electron chi connectivity index (χ3n) is 3.44. The largest absolute Gasteiger partial charge is 0.377 e. The third-order valence-corrected chi connectivity index (χ3v) is 3.77. The molecule has 1 N–H and O–H groups in total. The molecule has 2 aromatic carbocycles. The van der Waals surface area contributed by atoms with Crippen molar-refractivity contribution in [2.24, 2.45) is 5.92 Å². The van der Waals surface area contributed by atoms with Crippen molar-refractivity contribution in [3.05, 3.63) is 65.2 Å². The lowest BCUT2D eigenvalue weighted by molar-refractivity contribution is 0.679. The first-order chi connectivity index (χ1) is 8.84. The highest BCUT2D eigenvalue weighted by atomic mass is 35.5. The summed E-state index contributed by atoms with van der Waals surface area (Å²) < 4.78 is 0. The molecule has 1 unspecified atom stereocenters. The Hall–Kier alpha value is -1.47. The first kappa shape index (κ1) is 11.6. The van der Waals surface area contributed by atoms with Crippen molar-refractivity contribution in [1.29, 1.82) is 0 Å². The number of benzene rings is 2. The molecule has 18 heavy (non-hydrogen) atoms. The number of para-hydroxylation sites is 1. The number of nitrogens with one attached hydrogen (secondary N) is 1. The summed E-state index contributed by atoms with van der Waals surface area (Å²) in [6, 6.07) is 19.0. The Labute approximate surface area is 113 Å². The van der Waals surface area contributed by atoms with Gasteiger partial charge in [-0.1, -0.05) is 54.1 Å². The SMILES string of the molecule is Clc1ccccc1NC(c1ccccc1)C1CC1. The molecule has 1 aliphatic carbocycles. The van der Waals surface area contributed by atoms with Crippen molar-refractivity contribution in [3.8, 4) is 0 Å². The molecule has 92 valence electrons. The Morgan fingerprint density at radius 3 is 2.28 bits per heavy atom. The van der Waals surface area contributed by atoms with Crippen molar-refractivity contribution >= 4 is 17.3 Å². The van der Waals surface area contributed by atoms with Gasteiger partial charge >= 0.3 is 0 Å². The van der Waals surface area contributed by atoms with Crippen LogP contribution in [0.15, 0.2) is 54.6 Å². The normalized spacial score (nSPS) is 16.3. The Morgan fingerprint density at radius 2 is 1.61 bits per heavy atom. The van der Waals surface area contributed by atoms with Crippen molar-refractivity contribution in [2.45, 2.75) is 18.9 Å². The molecule has 0 bridgehead atoms. The fourth-order valence-corrected chi connectivity index (χ4v) is 2.50. The molecule has 0 saturated heterocycles. The van der Waals surface area contributed by atoms with Gasteiger partial charge in [-0.25, -0.2) is 0 Å². The van der Waals surface area contributed by atoms with E-state index in [0.717, 1.165) is 16.6 Å². The van der Waals surface area contributed by atoms with Gasteiger partial charge in [-0.15, -0.1) is 0 Å². The first-order valence-corrected chi connectivity index (χ1v) is 6.78. The Balaban J connectivity index is 1.86. The summed E-state index contributed by atoms with van der Waals surface area (Å²) in [7, 11) is 0. The summed E-state index contributed by atoms with van der Waals surface area (Å²) in [6.07, 6.45) is 2.61. The predicted molar refractivity (Wildman–Crippen MR) is 77.0 cm³/mol. The first-order valence-electron chi connectivity index (χ1n) is 6.40. The van der Waals surface area contributed by atoms with Gasteiger partial charge in [-0.3, -0.25) is 0 Å². The summed E-state index contributed by atoms with van der Waals surface area (Å²) in [5, 5.41) is 4.38. The molecule has 1 fully saturated rings. The van der Waals surface area contributed by atoms with Crippen LogP contribution >= 0.6 is 11.6 Å². The molecule has 2 heteroatoms. The van der Waals surface area contributed by atoms with Gasteiger partial charge in [0.2, 0.25) is 0 Å². The molecule has 0 amide bonds. The van der Waals surface area contributed by atoms with Gasteiger partial charge in [0.05, 0.1) is 16.8 Å². The number of rotatable bonds is 4. The maximum Gasteiger partial charge on any atom is 0.0637 e. The van der Waals surface area contributed by atoms with Crippen molar-refractivity contribution in [3.63, 3.8) is 0 Å². The van der Waals surface area contributed by atoms with Crippen LogP contribution in [0.3, 0.4) is 0 Å². The zero-order valence-corrected chi connectivity index (χ0v) is 10.9. The highest BCUT2D eigenvalue weighted by molar-refractivity contribution is 6.33. The maximum atomic E-state index is 6.22. The van der Waals surface area contributed by atoms with Gasteiger partial charge in [0, 0.05) is 0 Å². The van der Waals surface area contributed by atoms with Gasteiger partial charge in [-0.05, 0) is 36.5 Å². The molecular weight excluding hydrogens is 242 g/mol. The molecule has 1 aliphatic rings. The van der Waals surface area contributed by atoms with Gasteiger partial charge in [0.25, 0.3) is 0 Å². The smallest absolute Gasteiger partial charge is 0.0637 e. The van der Waals surface area contributed by atoms with Crippen molar-refractivity contribution in [1.82, 2.24) is 0 Å². The number of halogens is 1. The number of anilines is 1. The minimum Gasteiger partial charge on any atom is -0.377 e. The Kier molecular flexibility index (Phi) is 3.24. The Morgan fingerprint density at radius 1 is 0.944 bits per heavy atom. The van der Waals surface area contributed by atoms with E-state index in [1.54, 1.807) is 0 Å². The van der Waals surface area contributed by atoms with Crippen LogP contribution in [0.5, 0.6) is 0 Å². The van der Waals surface area contributed by atoms with E-state index in [9.17, 15) is 0 Å². The molecule has 0 radical (unpaired) electrons. The van der Waals surface area contributed by atoms with E-state index < -0.39 is 0 Å². The number of hydrogen-bond donors (Lipinski definition) is 1. The van der Waals surface area contributed by atoms with E-state index in [1.165, 1.54) is 18.4 Å². The lowest BCUT2D eigenvalue weighted by atomic mass is 10.0. The maximum absolute atomic E-state index is 6.22. The molecule has 1 atom stereocenters. The third kappa shape index (κ3) is 2.51. The van der Waals surface area contributed by atoms with Crippen LogP contribution in [-0.4, -0.2) is 0 Å². The second-order valence-corrected chi connectivity index (χ2v) is 5.26. The van der Waals surface area contributed by atoms with Crippen LogP contribution < -0.4 is 5.32 Å². The fourth-order valence-electron chi connectivity index (χ4n) is 2.31. The topological polar surface area (TPSA) is 12.0 Å². The van der Waals surface area contributed by atoms with Gasteiger partial charge < -0.3 is 5.32 Å². The summed E-state index contributed by atoms with van der Waals surface area (Å²) in [5.74, 6) is 0.740. The number of hydrogen-bond acceptors (Lipinski definition) is 1. The molecule has 0 aliphatic heterocycles. The summed E-state index contributed by atoms with van der Waals surface area (Å²) in [6.45, 7) is 0. The molecule has 2 aromatic rings. The monoisotopic (exact) mass is 257 g/mol. The van der Waals surface area contributed by atoms with E-state index in [-0.39, 0.29) is 0 Å².